The van der Waals surface area contributed by atoms with Gasteiger partial charge < -0.3 is 9.66 Å². The third-order valence-corrected chi connectivity index (χ3v) is 5.62. The fourth-order valence-corrected chi connectivity index (χ4v) is 3.93. The lowest BCUT2D eigenvalue weighted by molar-refractivity contribution is -0.438. The summed E-state index contributed by atoms with van der Waals surface area (Å²) < 4.78 is 34.5. The summed E-state index contributed by atoms with van der Waals surface area (Å²) in [6.07, 6.45) is 1.67. The molecule has 0 amide bonds. The van der Waals surface area contributed by atoms with Crippen molar-refractivity contribution in [1.29, 1.82) is 0 Å². The van der Waals surface area contributed by atoms with E-state index in [9.17, 15) is 17.8 Å². The first-order valence-electron chi connectivity index (χ1n) is 8.01. The molecule has 0 bridgehead atoms. The number of aliphatic carboxylic acids is 1. The molecule has 6 nitrogen and oxygen atoms in total. The summed E-state index contributed by atoms with van der Waals surface area (Å²) in [7, 11) is -4.21. The lowest BCUT2D eigenvalue weighted by atomic mass is 9.76. The Hall–Kier alpha value is -1.73. The van der Waals surface area contributed by atoms with Crippen molar-refractivity contribution >= 4 is 27.5 Å². The maximum Gasteiger partial charge on any atom is 0.303 e. The highest BCUT2D eigenvalue weighted by Crippen LogP contribution is 2.42. The van der Waals surface area contributed by atoms with Gasteiger partial charge in [0.1, 0.15) is 6.54 Å². The molecule has 1 atom stereocenters. The van der Waals surface area contributed by atoms with Gasteiger partial charge in [-0.2, -0.15) is 4.58 Å². The lowest BCUT2D eigenvalue weighted by Crippen LogP contribution is -2.31. The highest BCUT2D eigenvalue weighted by atomic mass is 32.2. The fourth-order valence-electron chi connectivity index (χ4n) is 3.45. The fraction of sp³-hybridized carbons (Fsp3) is 0.529. The predicted octanol–water partition coefficient (Wildman–Crippen LogP) is 2.25. The first-order valence-corrected chi connectivity index (χ1v) is 9.59. The van der Waals surface area contributed by atoms with Crippen LogP contribution in [0.3, 0.4) is 0 Å². The van der Waals surface area contributed by atoms with Crippen LogP contribution in [0.25, 0.3) is 0 Å². The van der Waals surface area contributed by atoms with Crippen molar-refractivity contribution in [3.05, 3.63) is 29.8 Å². The van der Waals surface area contributed by atoms with Gasteiger partial charge >= 0.3 is 5.97 Å². The number of fused-ring (bicyclic) bond motifs is 1. The zero-order valence-electron chi connectivity index (χ0n) is 14.0. The van der Waals surface area contributed by atoms with E-state index in [1.54, 1.807) is 0 Å². The van der Waals surface area contributed by atoms with E-state index in [1.807, 2.05) is 31.2 Å². The van der Waals surface area contributed by atoms with Crippen LogP contribution < -0.4 is 0 Å². The molecule has 0 aliphatic carbocycles. The number of hydrogen-bond donors (Lipinski definition) is 1. The number of hydrogen-bond acceptors (Lipinski definition) is 4. The van der Waals surface area contributed by atoms with E-state index in [0.29, 0.717) is 19.4 Å². The van der Waals surface area contributed by atoms with Crippen molar-refractivity contribution in [3.63, 3.8) is 0 Å². The van der Waals surface area contributed by atoms with Crippen molar-refractivity contribution in [2.45, 2.75) is 44.9 Å². The zero-order valence-corrected chi connectivity index (χ0v) is 14.8. The van der Waals surface area contributed by atoms with Crippen molar-refractivity contribution in [2.24, 2.45) is 0 Å². The molecule has 0 aromatic heterocycles. The van der Waals surface area contributed by atoms with Gasteiger partial charge in [0.05, 0.1) is 15.5 Å². The summed E-state index contributed by atoms with van der Waals surface area (Å²) in [5, 5.41) is 8.87. The molecule has 0 spiro atoms. The first kappa shape index (κ1) is 18.6. The Labute approximate surface area is 142 Å². The van der Waals surface area contributed by atoms with Crippen LogP contribution in [0.5, 0.6) is 0 Å². The van der Waals surface area contributed by atoms with E-state index in [0.717, 1.165) is 17.0 Å². The molecule has 0 fully saturated rings. The number of benzene rings is 1. The summed E-state index contributed by atoms with van der Waals surface area (Å²) in [4.78, 5) is 10.8. The van der Waals surface area contributed by atoms with Crippen LogP contribution in [0, 0.1) is 0 Å². The Kier molecular flexibility index (Phi) is 5.45. The van der Waals surface area contributed by atoms with Gasteiger partial charge in [-0.25, -0.2) is 8.42 Å². The summed E-state index contributed by atoms with van der Waals surface area (Å²) in [6.45, 7) is 4.54. The molecule has 1 heterocycles. The average Bonchev–Trinajstić information content (AvgIpc) is 2.68. The van der Waals surface area contributed by atoms with E-state index in [-0.39, 0.29) is 24.0 Å². The third kappa shape index (κ3) is 4.02. The minimum absolute atomic E-state index is 0.124. The smallest absolute Gasteiger partial charge is 0.303 e. The van der Waals surface area contributed by atoms with Crippen molar-refractivity contribution in [1.82, 2.24) is 0 Å². The van der Waals surface area contributed by atoms with Crippen molar-refractivity contribution in [3.8, 4) is 0 Å². The maximum absolute atomic E-state index is 10.8. The molecule has 1 aromatic rings. The van der Waals surface area contributed by atoms with E-state index < -0.39 is 16.1 Å². The summed E-state index contributed by atoms with van der Waals surface area (Å²) in [5.74, 6) is -1.19. The Morgan fingerprint density at radius 3 is 2.58 bits per heavy atom. The zero-order chi connectivity index (χ0) is 18.0. The first-order chi connectivity index (χ1) is 11.1. The van der Waals surface area contributed by atoms with Crippen molar-refractivity contribution < 1.29 is 27.4 Å². The Bertz CT molecular complexity index is 769. The van der Waals surface area contributed by atoms with E-state index in [4.69, 9.17) is 5.11 Å². The largest absolute Gasteiger partial charge is 0.748 e. The average molecular weight is 353 g/mol. The third-order valence-electron chi connectivity index (χ3n) is 4.84. The Balaban J connectivity index is 2.26. The van der Waals surface area contributed by atoms with Crippen molar-refractivity contribution in [2.75, 3.05) is 12.3 Å². The second kappa shape index (κ2) is 7.03. The SMILES string of the molecule is CC1=[N+](CCCS(=O)(=O)[O-])c2ccccc2C1(C)CCCC(=O)O. The quantitative estimate of drug-likeness (QED) is 0.571. The van der Waals surface area contributed by atoms with E-state index in [2.05, 4.69) is 11.5 Å². The topological polar surface area (TPSA) is 97.5 Å². The molecule has 0 radical (unpaired) electrons. The van der Waals surface area contributed by atoms with Gasteiger partial charge in [-0.1, -0.05) is 18.2 Å². The molecule has 1 aliphatic heterocycles. The highest BCUT2D eigenvalue weighted by Gasteiger charge is 2.45. The van der Waals surface area contributed by atoms with E-state index in [1.165, 1.54) is 0 Å². The molecule has 0 saturated heterocycles. The van der Waals surface area contributed by atoms with Gasteiger partial charge in [-0.15, -0.1) is 0 Å². The number of carbonyl (C=O) groups is 1. The minimum Gasteiger partial charge on any atom is -0.748 e. The number of rotatable bonds is 8. The molecular weight excluding hydrogens is 330 g/mol. The summed E-state index contributed by atoms with van der Waals surface area (Å²) in [5.41, 5.74) is 2.92. The van der Waals surface area contributed by atoms with Crippen LogP contribution in [0.1, 0.15) is 45.1 Å². The molecule has 1 unspecified atom stereocenters. The second-order valence-corrected chi connectivity index (χ2v) is 7.97. The molecule has 7 heteroatoms. The van der Waals surface area contributed by atoms with Gasteiger partial charge in [-0.3, -0.25) is 4.79 Å². The van der Waals surface area contributed by atoms with Crippen LogP contribution in [-0.2, 0) is 20.3 Å². The van der Waals surface area contributed by atoms with Gasteiger partial charge in [0.2, 0.25) is 5.69 Å². The van der Waals surface area contributed by atoms with Gasteiger partial charge in [0.15, 0.2) is 5.71 Å². The highest BCUT2D eigenvalue weighted by molar-refractivity contribution is 7.85. The number of carboxylic acids is 1. The normalized spacial score (nSPS) is 20.3. The van der Waals surface area contributed by atoms with Gasteiger partial charge in [-0.05, 0) is 19.8 Å². The molecule has 1 aromatic carbocycles. The monoisotopic (exact) mass is 353 g/mol. The van der Waals surface area contributed by atoms with Crippen LogP contribution >= 0.6 is 0 Å². The lowest BCUT2D eigenvalue weighted by Gasteiger charge is -2.21. The molecule has 2 rings (SSSR count). The molecule has 132 valence electrons. The summed E-state index contributed by atoms with van der Waals surface area (Å²) in [6, 6.07) is 7.89. The van der Waals surface area contributed by atoms with Crippen LogP contribution in [0.15, 0.2) is 24.3 Å². The number of nitrogens with zero attached hydrogens (tertiary/aromatic N) is 1. The second-order valence-electron chi connectivity index (χ2n) is 6.45. The van der Waals surface area contributed by atoms with Gasteiger partial charge in [0.25, 0.3) is 0 Å². The van der Waals surface area contributed by atoms with Crippen LogP contribution in [0.4, 0.5) is 5.69 Å². The molecule has 0 saturated carbocycles. The molecule has 1 N–H and O–H groups in total. The molecule has 1 aliphatic rings. The summed E-state index contributed by atoms with van der Waals surface area (Å²) >= 11 is 0. The van der Waals surface area contributed by atoms with Gasteiger partial charge in [0, 0.05) is 37.1 Å². The predicted molar refractivity (Wildman–Crippen MR) is 89.9 cm³/mol. The molecule has 24 heavy (non-hydrogen) atoms. The Morgan fingerprint density at radius 2 is 1.96 bits per heavy atom. The number of carboxylic acid groups (broad SMARTS) is 1. The van der Waals surface area contributed by atoms with E-state index >= 15 is 0 Å². The maximum atomic E-state index is 10.8. The molecular formula is C17H23NO5S. The standard InChI is InChI=1S/C17H23NO5S/c1-13-17(2,10-5-9-16(19)20)14-7-3-4-8-15(14)18(13)11-6-12-24(21,22)23/h3-4,7-8H,5-6,9-12H2,1-2H3,(H-,19,20,21,22,23). The van der Waals surface area contributed by atoms with Crippen LogP contribution in [-0.4, -0.2) is 46.6 Å². The number of para-hydroxylation sites is 1. The minimum atomic E-state index is -4.21. The van der Waals surface area contributed by atoms with Crippen LogP contribution in [0.2, 0.25) is 0 Å². The Morgan fingerprint density at radius 1 is 1.29 bits per heavy atom.